The van der Waals surface area contributed by atoms with E-state index < -0.39 is 27.9 Å². The van der Waals surface area contributed by atoms with Gasteiger partial charge in [-0.15, -0.1) is 0 Å². The second-order valence-electron chi connectivity index (χ2n) is 8.70. The molecule has 2 fully saturated rings. The number of likely N-dealkylation sites (tertiary alicyclic amines) is 1. The Morgan fingerprint density at radius 1 is 1.12 bits per heavy atom. The summed E-state index contributed by atoms with van der Waals surface area (Å²) in [7, 11) is -2.73. The highest BCUT2D eigenvalue weighted by atomic mass is 32.2. The number of fused-ring (bicyclic) bond motifs is 1. The summed E-state index contributed by atoms with van der Waals surface area (Å²) in [4.78, 5) is 27.3. The zero-order chi connectivity index (χ0) is 23.8. The standard InChI is InChI=1S/C24H27FN2O5S/c1-15-10-11-19(14-20(15)25)33(30,31)26-18-8-5-7-17(12-18)23(28)27-21-9-4-3-6-16(21)13-22(27)24(29)32-2/h5,7-8,10-12,14,16,21-22,26H,3-4,6,9,13H2,1-2H3. The molecule has 4 rings (SSSR count). The quantitative estimate of drug-likeness (QED) is 0.664. The van der Waals surface area contributed by atoms with E-state index in [9.17, 15) is 22.4 Å². The lowest BCUT2D eigenvalue weighted by atomic mass is 9.84. The van der Waals surface area contributed by atoms with Crippen molar-refractivity contribution in [1.82, 2.24) is 4.90 Å². The average Bonchev–Trinajstić information content (AvgIpc) is 3.19. The predicted octanol–water partition coefficient (Wildman–Crippen LogP) is 3.88. The Morgan fingerprint density at radius 2 is 1.88 bits per heavy atom. The smallest absolute Gasteiger partial charge is 0.328 e. The van der Waals surface area contributed by atoms with Crippen molar-refractivity contribution in [3.05, 3.63) is 59.4 Å². The summed E-state index contributed by atoms with van der Waals surface area (Å²) in [5, 5.41) is 0. The third-order valence-corrected chi connectivity index (χ3v) is 7.99. The largest absolute Gasteiger partial charge is 0.467 e. The Morgan fingerprint density at radius 3 is 2.61 bits per heavy atom. The van der Waals surface area contributed by atoms with E-state index in [0.29, 0.717) is 12.0 Å². The highest BCUT2D eigenvalue weighted by molar-refractivity contribution is 7.92. The maximum atomic E-state index is 13.9. The van der Waals surface area contributed by atoms with Crippen molar-refractivity contribution in [2.45, 2.75) is 56.0 Å². The maximum absolute atomic E-state index is 13.9. The van der Waals surface area contributed by atoms with Crippen LogP contribution >= 0.6 is 0 Å². The molecule has 0 spiro atoms. The Bertz CT molecular complexity index is 1180. The van der Waals surface area contributed by atoms with Gasteiger partial charge in [-0.1, -0.05) is 25.0 Å². The van der Waals surface area contributed by atoms with Crippen LogP contribution in [-0.4, -0.2) is 44.4 Å². The molecular formula is C24H27FN2O5S. The van der Waals surface area contributed by atoms with Crippen molar-refractivity contribution < 1.29 is 27.1 Å². The number of carbonyl (C=O) groups excluding carboxylic acids is 2. The van der Waals surface area contributed by atoms with E-state index in [1.54, 1.807) is 24.0 Å². The lowest BCUT2D eigenvalue weighted by molar-refractivity contribution is -0.145. The molecule has 1 heterocycles. The molecule has 1 saturated carbocycles. The molecule has 1 aliphatic heterocycles. The molecule has 176 valence electrons. The summed E-state index contributed by atoms with van der Waals surface area (Å²) >= 11 is 0. The zero-order valence-electron chi connectivity index (χ0n) is 18.6. The SMILES string of the molecule is COC(=O)C1CC2CCCCC2N1C(=O)c1cccc(NS(=O)(=O)c2ccc(C)c(F)c2)c1. The Labute approximate surface area is 193 Å². The van der Waals surface area contributed by atoms with E-state index in [2.05, 4.69) is 4.72 Å². The van der Waals surface area contributed by atoms with Crippen molar-refractivity contribution in [2.75, 3.05) is 11.8 Å². The highest BCUT2D eigenvalue weighted by Crippen LogP contribution is 2.41. The zero-order valence-corrected chi connectivity index (χ0v) is 19.4. The second kappa shape index (κ2) is 9.13. The number of amides is 1. The van der Waals surface area contributed by atoms with Gasteiger partial charge in [-0.2, -0.15) is 0 Å². The van der Waals surface area contributed by atoms with Crippen LogP contribution in [0, 0.1) is 18.7 Å². The summed E-state index contributed by atoms with van der Waals surface area (Å²) in [5.41, 5.74) is 0.787. The van der Waals surface area contributed by atoms with E-state index in [-0.39, 0.29) is 34.0 Å². The van der Waals surface area contributed by atoms with Gasteiger partial charge in [0, 0.05) is 17.3 Å². The molecule has 0 aromatic heterocycles. The average molecular weight is 475 g/mol. The number of benzene rings is 2. The van der Waals surface area contributed by atoms with Crippen LogP contribution in [0.1, 0.15) is 48.0 Å². The van der Waals surface area contributed by atoms with Crippen LogP contribution in [0.15, 0.2) is 47.4 Å². The molecular weight excluding hydrogens is 447 g/mol. The van der Waals surface area contributed by atoms with Crippen molar-refractivity contribution in [3.63, 3.8) is 0 Å². The monoisotopic (exact) mass is 474 g/mol. The molecule has 0 bridgehead atoms. The Balaban J connectivity index is 1.60. The number of nitrogens with one attached hydrogen (secondary N) is 1. The summed E-state index contributed by atoms with van der Waals surface area (Å²) in [6, 6.07) is 9.12. The Hall–Kier alpha value is -2.94. The number of aryl methyl sites for hydroxylation is 1. The lowest BCUT2D eigenvalue weighted by Crippen LogP contribution is -2.46. The predicted molar refractivity (Wildman–Crippen MR) is 121 cm³/mol. The van der Waals surface area contributed by atoms with E-state index in [1.807, 2.05) is 0 Å². The fourth-order valence-electron chi connectivity index (χ4n) is 4.92. The van der Waals surface area contributed by atoms with E-state index in [1.165, 1.54) is 31.4 Å². The van der Waals surface area contributed by atoms with Gasteiger partial charge in [0.15, 0.2) is 0 Å². The number of hydrogen-bond donors (Lipinski definition) is 1. The summed E-state index contributed by atoms with van der Waals surface area (Å²) in [6.45, 7) is 1.55. The van der Waals surface area contributed by atoms with Crippen LogP contribution in [0.25, 0.3) is 0 Å². The molecule has 2 aromatic rings. The van der Waals surface area contributed by atoms with Gasteiger partial charge in [0.25, 0.3) is 15.9 Å². The van der Waals surface area contributed by atoms with Gasteiger partial charge in [0.1, 0.15) is 11.9 Å². The van der Waals surface area contributed by atoms with Gasteiger partial charge in [0.05, 0.1) is 12.0 Å². The minimum atomic E-state index is -4.05. The van der Waals surface area contributed by atoms with Crippen molar-refractivity contribution in [3.8, 4) is 0 Å². The minimum Gasteiger partial charge on any atom is -0.467 e. The molecule has 1 saturated heterocycles. The number of sulfonamides is 1. The van der Waals surface area contributed by atoms with Crippen LogP contribution in [0.4, 0.5) is 10.1 Å². The fraction of sp³-hybridized carbons (Fsp3) is 0.417. The van der Waals surface area contributed by atoms with Gasteiger partial charge in [-0.25, -0.2) is 17.6 Å². The van der Waals surface area contributed by atoms with Gasteiger partial charge >= 0.3 is 5.97 Å². The topological polar surface area (TPSA) is 92.8 Å². The van der Waals surface area contributed by atoms with Gasteiger partial charge in [0.2, 0.25) is 0 Å². The van der Waals surface area contributed by atoms with Gasteiger partial charge in [-0.3, -0.25) is 9.52 Å². The Kier molecular flexibility index (Phi) is 6.43. The minimum absolute atomic E-state index is 0.0359. The van der Waals surface area contributed by atoms with E-state index in [4.69, 9.17) is 4.74 Å². The second-order valence-corrected chi connectivity index (χ2v) is 10.4. The molecule has 2 aromatic carbocycles. The number of methoxy groups -OCH3 is 1. The van der Waals surface area contributed by atoms with Crippen LogP contribution in [0.5, 0.6) is 0 Å². The normalized spacial score (nSPS) is 22.5. The molecule has 3 unspecified atom stereocenters. The van der Waals surface area contributed by atoms with Gasteiger partial charge < -0.3 is 9.64 Å². The summed E-state index contributed by atoms with van der Waals surface area (Å²) in [5.74, 6) is -1.13. The summed E-state index contributed by atoms with van der Waals surface area (Å²) < 4.78 is 46.7. The van der Waals surface area contributed by atoms with Crippen LogP contribution < -0.4 is 4.72 Å². The molecule has 1 N–H and O–H groups in total. The van der Waals surface area contributed by atoms with Crippen LogP contribution in [0.2, 0.25) is 0 Å². The molecule has 9 heteroatoms. The molecule has 1 amide bonds. The van der Waals surface area contributed by atoms with Gasteiger partial charge in [-0.05, 0) is 68.0 Å². The number of halogens is 1. The molecule has 1 aliphatic carbocycles. The van der Waals surface area contributed by atoms with E-state index >= 15 is 0 Å². The summed E-state index contributed by atoms with van der Waals surface area (Å²) in [6.07, 6.45) is 4.44. The van der Waals surface area contributed by atoms with Crippen LogP contribution in [0.3, 0.4) is 0 Å². The molecule has 2 aliphatic rings. The van der Waals surface area contributed by atoms with Crippen LogP contribution in [-0.2, 0) is 19.6 Å². The lowest BCUT2D eigenvalue weighted by Gasteiger charge is -2.33. The first-order valence-corrected chi connectivity index (χ1v) is 12.5. The van der Waals surface area contributed by atoms with E-state index in [0.717, 1.165) is 31.7 Å². The number of ether oxygens (including phenoxy) is 1. The van der Waals surface area contributed by atoms with Crippen molar-refractivity contribution >= 4 is 27.6 Å². The highest BCUT2D eigenvalue weighted by Gasteiger charge is 2.48. The first-order valence-electron chi connectivity index (χ1n) is 11.0. The number of anilines is 1. The van der Waals surface area contributed by atoms with Crippen molar-refractivity contribution in [1.29, 1.82) is 0 Å². The molecule has 33 heavy (non-hydrogen) atoms. The molecule has 3 atom stereocenters. The number of esters is 1. The number of carbonyl (C=O) groups is 2. The first kappa shape index (κ1) is 23.2. The van der Waals surface area contributed by atoms with Crippen molar-refractivity contribution in [2.24, 2.45) is 5.92 Å². The first-order chi connectivity index (χ1) is 15.7. The third kappa shape index (κ3) is 4.59. The maximum Gasteiger partial charge on any atom is 0.328 e. The molecule has 0 radical (unpaired) electrons. The number of rotatable bonds is 5. The number of hydrogen-bond acceptors (Lipinski definition) is 5. The third-order valence-electron chi connectivity index (χ3n) is 6.61. The number of nitrogens with zero attached hydrogens (tertiary/aromatic N) is 1. The fourth-order valence-corrected chi connectivity index (χ4v) is 5.98. The molecule has 7 nitrogen and oxygen atoms in total.